The van der Waals surface area contributed by atoms with Crippen molar-refractivity contribution >= 4 is 0 Å². The van der Waals surface area contributed by atoms with Crippen molar-refractivity contribution in [3.05, 3.63) is 272 Å². The maximum atomic E-state index is 5.41. The molecule has 3 fully saturated rings. The van der Waals surface area contributed by atoms with Crippen LogP contribution in [0.3, 0.4) is 0 Å². The molecule has 2 aliphatic heterocycles. The van der Waals surface area contributed by atoms with Crippen molar-refractivity contribution < 1.29 is 28.1 Å². The van der Waals surface area contributed by atoms with E-state index in [0.717, 1.165) is 84.2 Å². The van der Waals surface area contributed by atoms with Crippen LogP contribution in [0.5, 0.6) is 17.5 Å². The number of rotatable bonds is 18. The van der Waals surface area contributed by atoms with E-state index in [-0.39, 0.29) is 6.10 Å². The first-order chi connectivity index (χ1) is 64.9. The van der Waals surface area contributed by atoms with Gasteiger partial charge in [-0.15, -0.1) is 0 Å². The highest BCUT2D eigenvalue weighted by atomic mass is 16.5. The molecule has 0 amide bonds. The Morgan fingerprint density at radius 2 is 0.855 bits per heavy atom. The van der Waals surface area contributed by atoms with Crippen molar-refractivity contribution in [1.82, 2.24) is 58.8 Å². The minimum absolute atomic E-state index is 0.266. The van der Waals surface area contributed by atoms with Crippen molar-refractivity contribution in [2.24, 2.45) is 27.1 Å². The van der Waals surface area contributed by atoms with Gasteiger partial charge < -0.3 is 37.6 Å². The first-order valence-corrected chi connectivity index (χ1v) is 51.7. The van der Waals surface area contributed by atoms with E-state index >= 15 is 0 Å². The quantitative estimate of drug-likeness (QED) is 0.0794. The fraction of sp³-hybridized carbons (Fsp3) is 0.592. The average molecular weight is 1910 g/mol. The van der Waals surface area contributed by atoms with E-state index in [1.807, 2.05) is 166 Å². The zero-order chi connectivity index (χ0) is 106. The highest BCUT2D eigenvalue weighted by Gasteiger charge is 2.23. The van der Waals surface area contributed by atoms with Crippen molar-refractivity contribution in [2.45, 2.75) is 393 Å². The van der Waals surface area contributed by atoms with Gasteiger partial charge in [0.15, 0.2) is 0 Å². The molecule has 0 bridgehead atoms. The number of para-hydroxylation sites is 1. The van der Waals surface area contributed by atoms with Gasteiger partial charge in [0.25, 0.3) is 0 Å². The molecule has 9 aromatic heterocycles. The predicted octanol–water partition coefficient (Wildman–Crippen LogP) is 31.9. The van der Waals surface area contributed by atoms with Crippen LogP contribution in [0.1, 0.15) is 402 Å². The lowest BCUT2D eigenvalue weighted by Crippen LogP contribution is -2.41. The van der Waals surface area contributed by atoms with Gasteiger partial charge in [0.1, 0.15) is 5.75 Å². The van der Waals surface area contributed by atoms with Gasteiger partial charge in [-0.2, -0.15) is 10.2 Å². The third kappa shape index (κ3) is 58.0. The molecule has 0 spiro atoms. The van der Waals surface area contributed by atoms with Crippen LogP contribution in [0.15, 0.2) is 175 Å². The molecule has 1 aromatic carbocycles. The van der Waals surface area contributed by atoms with Gasteiger partial charge in [-0.05, 0) is 326 Å². The van der Waals surface area contributed by atoms with Gasteiger partial charge in [-0.25, -0.2) is 9.97 Å². The van der Waals surface area contributed by atoms with Gasteiger partial charge in [0.05, 0.1) is 64.0 Å². The van der Waals surface area contributed by atoms with Crippen molar-refractivity contribution in [3.8, 4) is 17.5 Å². The third-order valence-electron chi connectivity index (χ3n) is 22.2. The molecule has 11 heterocycles. The smallest absolute Gasteiger partial charge is 0.216 e. The molecule has 4 aliphatic rings. The normalized spacial score (nSPS) is 12.7. The van der Waals surface area contributed by atoms with Crippen LogP contribution in [0, 0.1) is 68.2 Å². The fourth-order valence-corrected chi connectivity index (χ4v) is 14.0. The van der Waals surface area contributed by atoms with Gasteiger partial charge in [-0.1, -0.05) is 220 Å². The summed E-state index contributed by atoms with van der Waals surface area (Å²) in [5, 5.41) is 8.30. The van der Waals surface area contributed by atoms with Crippen LogP contribution in [0.2, 0.25) is 0 Å². The standard InChI is InChI=1S/2C10H15NO.3C10H15N.C9H12O.C8H14N2.C8H13N.C8H12.C7H12N2.C7H15NO.C7H10O.C6H13N.C6H12O.2C2H6/c2*1-7(2)9-5-8(3)6-11-10(9)12-4;1-7(2)10-5-8(3)11-9(4)6-10;2*1-7(2)10-5-8(3)6-11-9(10)4;1-8(2)10-9-6-4-3-5-7-9;1-6(2)8-5-10(4)9-7(8)3;1-7(2)8-5-4-6-9(8)3;1-7(2)8-5-3-4-6-8;1-6(2)7-4-5-8-9(7)3;1-7(2)8-3-5-9-6-4-8;1-6(2)7-3-4-8-5-7;1-6(2)7-4-3-5-7;1-5(2)7-6-3-4-6;2*1-2/h2*5-7H,1-4H3;3*5-7H,1-4H3;3-8H,1-2H3;5-6H,1-4H3;4-7H,1-3H3;3-5,7H,6H2,1-2H3;4-6H,1-3H3;7H,3-6H2,1-2H3;3-6H,1-2H3;6H,3-5H2,1-2H3;5-6H,3-4H2,1-2H3;2*1-2H3. The zero-order valence-corrected chi connectivity index (χ0v) is 96.1. The minimum Gasteiger partial charge on any atom is -0.491 e. The molecule has 2 aliphatic carbocycles. The van der Waals surface area contributed by atoms with Crippen LogP contribution < -0.4 is 14.2 Å². The molecule has 0 unspecified atom stereocenters. The molecule has 10 aromatic rings. The van der Waals surface area contributed by atoms with Crippen LogP contribution in [0.4, 0.5) is 0 Å². The lowest BCUT2D eigenvalue weighted by molar-refractivity contribution is 0.0238. The molecule has 2 saturated heterocycles. The number of ether oxygens (including phenoxy) is 5. The second kappa shape index (κ2) is 73.7. The summed E-state index contributed by atoms with van der Waals surface area (Å²) in [6.45, 7) is 94.0. The highest BCUT2D eigenvalue weighted by molar-refractivity contribution is 5.34. The summed E-state index contributed by atoms with van der Waals surface area (Å²) >= 11 is 0. The lowest BCUT2D eigenvalue weighted by atomic mass is 10.0. The molecular weight excluding hydrogens is 1710 g/mol. The van der Waals surface area contributed by atoms with E-state index in [4.69, 9.17) is 28.1 Å². The monoisotopic (exact) mass is 1910 g/mol. The zero-order valence-electron chi connectivity index (χ0n) is 96.1. The summed E-state index contributed by atoms with van der Waals surface area (Å²) in [6.07, 6.45) is 30.0. The number of aryl methyl sites for hydroxylation is 12. The number of morpholine rings is 1. The molecule has 0 atom stereocenters. The topological polar surface area (TPSA) is 171 Å². The Labute approximate surface area is 845 Å². The second-order valence-electron chi connectivity index (χ2n) is 39.6. The number of benzene rings is 1. The molecular formula is C120H200N12O6. The van der Waals surface area contributed by atoms with Crippen molar-refractivity contribution in [3.63, 3.8) is 0 Å². The Morgan fingerprint density at radius 1 is 0.420 bits per heavy atom. The summed E-state index contributed by atoms with van der Waals surface area (Å²) in [4.78, 5) is 26.2. The largest absolute Gasteiger partial charge is 0.491 e. The molecule has 138 heavy (non-hydrogen) atoms. The van der Waals surface area contributed by atoms with E-state index in [1.54, 1.807) is 32.3 Å². The Morgan fingerprint density at radius 3 is 1.09 bits per heavy atom. The summed E-state index contributed by atoms with van der Waals surface area (Å²) in [6, 6.07) is 32.6. The Hall–Kier alpha value is -9.33. The van der Waals surface area contributed by atoms with Gasteiger partial charge in [0.2, 0.25) is 11.8 Å². The number of hydrogen-bond donors (Lipinski definition) is 0. The predicted molar refractivity (Wildman–Crippen MR) is 594 cm³/mol. The van der Waals surface area contributed by atoms with Crippen molar-refractivity contribution in [2.75, 3.05) is 53.6 Å². The molecule has 18 nitrogen and oxygen atoms in total. The third-order valence-corrected chi connectivity index (χ3v) is 22.2. The van der Waals surface area contributed by atoms with E-state index in [1.165, 1.54) is 111 Å². The van der Waals surface area contributed by atoms with Crippen LogP contribution >= 0.6 is 0 Å². The number of pyridine rings is 5. The number of furan rings is 1. The Balaban J connectivity index is 0. The van der Waals surface area contributed by atoms with E-state index in [9.17, 15) is 0 Å². The molecule has 0 radical (unpaired) electrons. The van der Waals surface area contributed by atoms with Gasteiger partial charge >= 0.3 is 0 Å². The first kappa shape index (κ1) is 131. The van der Waals surface area contributed by atoms with Crippen molar-refractivity contribution in [1.29, 1.82) is 0 Å². The van der Waals surface area contributed by atoms with E-state index < -0.39 is 0 Å². The number of hydrogen-bond acceptors (Lipinski definition) is 15. The highest BCUT2D eigenvalue weighted by Crippen LogP contribution is 2.29. The van der Waals surface area contributed by atoms with Crippen LogP contribution in [-0.4, -0.2) is 143 Å². The number of allylic oxidation sites excluding steroid dienone is 4. The number of aromatic nitrogens is 10. The fourth-order valence-electron chi connectivity index (χ4n) is 14.0. The lowest BCUT2D eigenvalue weighted by Gasteiger charge is -2.34. The Kier molecular flexibility index (Phi) is 69.8. The molecule has 0 N–H and O–H groups in total. The minimum atomic E-state index is 0.266. The Bertz CT molecular complexity index is 4580. The van der Waals surface area contributed by atoms with Gasteiger partial charge in [0, 0.05) is 135 Å². The SMILES string of the molecule is CC.CC.CC(C)C1=CC=CC1.CC(C)N1CCC1.CC(C)N1CCOCC1.CC(C)OC1CC1.CC(C)Oc1ccccc1.CC(C)c1cccn1C.CC(C)c1ccnn1C.CC(C)c1ccoc1.COc1ncc(C)cc1C(C)C.COc1ncc(C)cc1C(C)C.Cc1cc(C(C)C)cc(C)n1.Cc1cnc(C)c(C(C)C)c1.Cc1cnc(C)c(C(C)C)c1.Cc1nn(C)cc1C(C)C. The summed E-state index contributed by atoms with van der Waals surface area (Å²) in [7, 11) is 9.32. The first-order valence-electron chi connectivity index (χ1n) is 51.7. The summed E-state index contributed by atoms with van der Waals surface area (Å²) in [5.41, 5.74) is 23.9. The molecule has 776 valence electrons. The average Bonchev–Trinajstić information content (AvgIpc) is 1.84. The number of methoxy groups -OCH3 is 2. The van der Waals surface area contributed by atoms with Crippen LogP contribution in [-0.2, 0) is 30.6 Å². The van der Waals surface area contributed by atoms with Gasteiger partial charge in [-0.3, -0.25) is 29.2 Å². The van der Waals surface area contributed by atoms with Crippen LogP contribution in [0.25, 0.3) is 0 Å². The van der Waals surface area contributed by atoms with E-state index in [2.05, 4.69) is 350 Å². The summed E-state index contributed by atoms with van der Waals surface area (Å²) in [5.74, 6) is 8.29. The maximum Gasteiger partial charge on any atom is 0.216 e. The number of nitrogens with zero attached hydrogens (tertiary/aromatic N) is 12. The second-order valence-corrected chi connectivity index (χ2v) is 39.6. The molecule has 14 rings (SSSR count). The molecule has 18 heteroatoms. The maximum absolute atomic E-state index is 5.41. The summed E-state index contributed by atoms with van der Waals surface area (Å²) < 4.78 is 37.1. The van der Waals surface area contributed by atoms with E-state index in [0.29, 0.717) is 71.5 Å². The number of likely N-dealkylation sites (tertiary alicyclic amines) is 1. The molecule has 1 saturated carbocycles.